The molecule has 2 N–H and O–H groups in total. The Morgan fingerprint density at radius 3 is 2.39 bits per heavy atom. The SMILES string of the molecule is C[C@H](C(=O)NC[C@@H]1CCCO1)N(Cc1ccccc1)C(=O)CCc1ccc(S(=O)(=O)NC2CC2)cc1. The van der Waals surface area contributed by atoms with E-state index in [4.69, 9.17) is 4.74 Å². The van der Waals surface area contributed by atoms with Crippen molar-refractivity contribution >= 4 is 21.8 Å². The molecule has 2 atom stereocenters. The highest BCUT2D eigenvalue weighted by Crippen LogP contribution is 2.22. The Bertz CT molecular complexity index is 1130. The Hall–Kier alpha value is -2.75. The molecule has 9 heteroatoms. The average Bonchev–Trinajstić information content (AvgIpc) is 3.53. The van der Waals surface area contributed by atoms with Gasteiger partial charge in [-0.25, -0.2) is 13.1 Å². The van der Waals surface area contributed by atoms with E-state index < -0.39 is 16.1 Å². The van der Waals surface area contributed by atoms with Crippen molar-refractivity contribution in [3.05, 3.63) is 65.7 Å². The van der Waals surface area contributed by atoms with Gasteiger partial charge in [0.15, 0.2) is 0 Å². The van der Waals surface area contributed by atoms with Gasteiger partial charge in [0.2, 0.25) is 21.8 Å². The molecule has 0 spiro atoms. The maximum Gasteiger partial charge on any atom is 0.242 e. The van der Waals surface area contributed by atoms with Gasteiger partial charge in [0, 0.05) is 32.2 Å². The predicted molar refractivity (Wildman–Crippen MR) is 137 cm³/mol. The maximum absolute atomic E-state index is 13.3. The third-order valence-electron chi connectivity index (χ3n) is 6.65. The second-order valence-corrected chi connectivity index (χ2v) is 11.3. The van der Waals surface area contributed by atoms with Crippen molar-refractivity contribution in [2.24, 2.45) is 0 Å². The minimum atomic E-state index is -3.50. The van der Waals surface area contributed by atoms with E-state index in [9.17, 15) is 18.0 Å². The first kappa shape index (κ1) is 26.3. The number of benzene rings is 2. The van der Waals surface area contributed by atoms with Crippen molar-refractivity contribution in [1.29, 1.82) is 0 Å². The zero-order valence-electron chi connectivity index (χ0n) is 20.7. The number of carbonyl (C=O) groups excluding carboxylic acids is 2. The number of rotatable bonds is 12. The summed E-state index contributed by atoms with van der Waals surface area (Å²) in [7, 11) is -3.50. The van der Waals surface area contributed by atoms with Crippen LogP contribution >= 0.6 is 0 Å². The standard InChI is InChI=1S/C27H35N3O5S/c1-20(27(32)28-18-24-8-5-17-35-24)30(19-22-6-3-2-4-7-22)26(31)16-11-21-9-14-25(15-10-21)36(33,34)29-23-12-13-23/h2-4,6-7,9-10,14-15,20,23-24,29H,5,8,11-13,16-19H2,1H3,(H,28,32)/t20-,24+/m1/s1. The van der Waals surface area contributed by atoms with Crippen LogP contribution < -0.4 is 10.0 Å². The molecule has 4 rings (SSSR count). The maximum atomic E-state index is 13.3. The van der Waals surface area contributed by atoms with Crippen molar-refractivity contribution in [2.45, 2.75) is 75.1 Å². The first-order valence-electron chi connectivity index (χ1n) is 12.7. The van der Waals surface area contributed by atoms with E-state index in [1.54, 1.807) is 36.1 Å². The van der Waals surface area contributed by atoms with E-state index in [0.29, 0.717) is 19.5 Å². The summed E-state index contributed by atoms with van der Waals surface area (Å²) in [6.07, 6.45) is 4.38. The highest BCUT2D eigenvalue weighted by atomic mass is 32.2. The van der Waals surface area contributed by atoms with Crippen LogP contribution in [0, 0.1) is 0 Å². The number of ether oxygens (including phenoxy) is 1. The molecule has 194 valence electrons. The van der Waals surface area contributed by atoms with Crippen LogP contribution in [-0.2, 0) is 37.3 Å². The molecule has 1 saturated heterocycles. The van der Waals surface area contributed by atoms with E-state index >= 15 is 0 Å². The van der Waals surface area contributed by atoms with E-state index in [-0.39, 0.29) is 35.3 Å². The molecule has 2 amide bonds. The van der Waals surface area contributed by atoms with Gasteiger partial charge < -0.3 is 15.0 Å². The van der Waals surface area contributed by atoms with Gasteiger partial charge in [0.25, 0.3) is 0 Å². The molecule has 2 aliphatic rings. The molecule has 8 nitrogen and oxygen atoms in total. The molecule has 2 aromatic rings. The van der Waals surface area contributed by atoms with Gasteiger partial charge in [-0.15, -0.1) is 0 Å². The molecule has 1 aliphatic carbocycles. The largest absolute Gasteiger partial charge is 0.376 e. The molecule has 0 bridgehead atoms. The van der Waals surface area contributed by atoms with Gasteiger partial charge >= 0.3 is 0 Å². The summed E-state index contributed by atoms with van der Waals surface area (Å²) >= 11 is 0. The Kier molecular flexibility index (Phi) is 8.77. The zero-order chi connectivity index (χ0) is 25.5. The summed E-state index contributed by atoms with van der Waals surface area (Å²) in [5, 5.41) is 2.94. The molecule has 36 heavy (non-hydrogen) atoms. The Morgan fingerprint density at radius 2 is 1.75 bits per heavy atom. The molecular weight excluding hydrogens is 478 g/mol. The van der Waals surface area contributed by atoms with Crippen molar-refractivity contribution in [3.63, 3.8) is 0 Å². The van der Waals surface area contributed by atoms with Crippen molar-refractivity contribution in [3.8, 4) is 0 Å². The molecule has 0 unspecified atom stereocenters. The summed E-state index contributed by atoms with van der Waals surface area (Å²) in [6.45, 7) is 3.25. The summed E-state index contributed by atoms with van der Waals surface area (Å²) in [5.74, 6) is -0.335. The van der Waals surface area contributed by atoms with Gasteiger partial charge in [-0.05, 0) is 62.3 Å². The average molecular weight is 514 g/mol. The molecule has 0 radical (unpaired) electrons. The molecule has 1 heterocycles. The number of carbonyl (C=O) groups is 2. The van der Waals surface area contributed by atoms with Gasteiger partial charge in [-0.3, -0.25) is 9.59 Å². The Balaban J connectivity index is 1.37. The van der Waals surface area contributed by atoms with Crippen LogP contribution in [0.5, 0.6) is 0 Å². The van der Waals surface area contributed by atoms with Crippen molar-refractivity contribution in [1.82, 2.24) is 14.9 Å². The third-order valence-corrected chi connectivity index (χ3v) is 8.19. The lowest BCUT2D eigenvalue weighted by molar-refractivity contribution is -0.140. The molecule has 1 saturated carbocycles. The fourth-order valence-electron chi connectivity index (χ4n) is 4.25. The third kappa shape index (κ3) is 7.38. The highest BCUT2D eigenvalue weighted by Gasteiger charge is 2.29. The van der Waals surface area contributed by atoms with E-state index in [1.165, 1.54) is 0 Å². The van der Waals surface area contributed by atoms with Crippen LogP contribution in [-0.4, -0.2) is 56.5 Å². The Morgan fingerprint density at radius 1 is 1.03 bits per heavy atom. The van der Waals surface area contributed by atoms with E-state index in [0.717, 1.165) is 43.4 Å². The number of nitrogens with one attached hydrogen (secondary N) is 2. The lowest BCUT2D eigenvalue weighted by Gasteiger charge is -2.29. The number of sulfonamides is 1. The normalized spacial score (nSPS) is 18.5. The molecule has 0 aromatic heterocycles. The lowest BCUT2D eigenvalue weighted by Crippen LogP contribution is -2.49. The second-order valence-electron chi connectivity index (χ2n) is 9.60. The fourth-order valence-corrected chi connectivity index (χ4v) is 5.55. The van der Waals surface area contributed by atoms with Crippen molar-refractivity contribution in [2.75, 3.05) is 13.2 Å². The van der Waals surface area contributed by atoms with Gasteiger partial charge in [-0.2, -0.15) is 0 Å². The number of hydrogen-bond acceptors (Lipinski definition) is 5. The number of aryl methyl sites for hydroxylation is 1. The smallest absolute Gasteiger partial charge is 0.242 e. The summed E-state index contributed by atoms with van der Waals surface area (Å²) in [5.41, 5.74) is 1.81. The summed E-state index contributed by atoms with van der Waals surface area (Å²) < 4.78 is 33.0. The number of hydrogen-bond donors (Lipinski definition) is 2. The van der Waals surface area contributed by atoms with Crippen LogP contribution in [0.15, 0.2) is 59.5 Å². The zero-order valence-corrected chi connectivity index (χ0v) is 21.5. The van der Waals surface area contributed by atoms with Crippen LogP contribution in [0.2, 0.25) is 0 Å². The first-order chi connectivity index (χ1) is 17.3. The monoisotopic (exact) mass is 513 g/mol. The summed E-state index contributed by atoms with van der Waals surface area (Å²) in [6, 6.07) is 15.7. The van der Waals surface area contributed by atoms with Gasteiger partial charge in [-0.1, -0.05) is 42.5 Å². The highest BCUT2D eigenvalue weighted by molar-refractivity contribution is 7.89. The van der Waals surface area contributed by atoms with Crippen LogP contribution in [0.4, 0.5) is 0 Å². The van der Waals surface area contributed by atoms with Gasteiger partial charge in [0.1, 0.15) is 6.04 Å². The van der Waals surface area contributed by atoms with Crippen LogP contribution in [0.3, 0.4) is 0 Å². The molecular formula is C27H35N3O5S. The van der Waals surface area contributed by atoms with Crippen LogP contribution in [0.1, 0.15) is 50.2 Å². The van der Waals surface area contributed by atoms with E-state index in [1.807, 2.05) is 30.3 Å². The number of nitrogens with zero attached hydrogens (tertiary/aromatic N) is 1. The second kappa shape index (κ2) is 12.0. The minimum absolute atomic E-state index is 0.0330. The van der Waals surface area contributed by atoms with Crippen LogP contribution in [0.25, 0.3) is 0 Å². The Labute approximate surface area is 213 Å². The minimum Gasteiger partial charge on any atom is -0.376 e. The molecule has 1 aliphatic heterocycles. The first-order valence-corrected chi connectivity index (χ1v) is 14.1. The lowest BCUT2D eigenvalue weighted by atomic mass is 10.1. The number of amides is 2. The quantitative estimate of drug-likeness (QED) is 0.454. The van der Waals surface area contributed by atoms with E-state index in [2.05, 4.69) is 10.0 Å². The summed E-state index contributed by atoms with van der Waals surface area (Å²) in [4.78, 5) is 28.0. The van der Waals surface area contributed by atoms with Gasteiger partial charge in [0.05, 0.1) is 11.0 Å². The fraction of sp³-hybridized carbons (Fsp3) is 0.481. The van der Waals surface area contributed by atoms with Crippen molar-refractivity contribution < 1.29 is 22.7 Å². The molecule has 2 fully saturated rings. The molecule has 2 aromatic carbocycles. The topological polar surface area (TPSA) is 105 Å². The predicted octanol–water partition coefficient (Wildman–Crippen LogP) is 2.77.